The van der Waals surface area contributed by atoms with Crippen molar-refractivity contribution < 1.29 is 23.9 Å². The van der Waals surface area contributed by atoms with Crippen molar-refractivity contribution >= 4 is 12.1 Å². The zero-order chi connectivity index (χ0) is 22.2. The largest absolute Gasteiger partial charge is 0.480 e. The number of likely N-dealkylation sites (tertiary alicyclic amines) is 1. The van der Waals surface area contributed by atoms with Gasteiger partial charge in [0, 0.05) is 12.3 Å². The highest BCUT2D eigenvalue weighted by Crippen LogP contribution is 2.44. The second-order valence-electron chi connectivity index (χ2n) is 9.52. The third kappa shape index (κ3) is 3.92. The van der Waals surface area contributed by atoms with E-state index in [1.807, 2.05) is 31.2 Å². The molecule has 2 aromatic carbocycles. The van der Waals surface area contributed by atoms with Gasteiger partial charge in [-0.05, 0) is 28.7 Å². The van der Waals surface area contributed by atoms with Crippen molar-refractivity contribution in [3.63, 3.8) is 0 Å². The molecule has 2 aliphatic rings. The third-order valence-electron chi connectivity index (χ3n) is 7.13. The van der Waals surface area contributed by atoms with E-state index in [1.165, 1.54) is 0 Å². The number of carbonyl (C=O) groups is 2. The van der Waals surface area contributed by atoms with Crippen molar-refractivity contribution in [1.29, 1.82) is 0 Å². The Morgan fingerprint density at radius 1 is 1.13 bits per heavy atom. The van der Waals surface area contributed by atoms with E-state index in [4.69, 9.17) is 4.74 Å². The molecule has 31 heavy (non-hydrogen) atoms. The molecule has 0 spiro atoms. The lowest BCUT2D eigenvalue weighted by atomic mass is 9.77. The molecule has 164 valence electrons. The number of carboxylic acids is 1. The second kappa shape index (κ2) is 8.00. The fraction of sp³-hybridized carbons (Fsp3) is 0.440. The number of ether oxygens (including phenoxy) is 1. The number of alkyl carbamates (subject to hydrolysis) is 1. The minimum Gasteiger partial charge on any atom is -0.480 e. The summed E-state index contributed by atoms with van der Waals surface area (Å²) in [5, 5.41) is 12.6. The number of carbonyl (C=O) groups excluding carboxylic acids is 1. The molecule has 0 unspecified atom stereocenters. The number of quaternary nitrogens is 1. The molecule has 0 bridgehead atoms. The smallest absolute Gasteiger partial charge is 0.407 e. The molecule has 1 saturated heterocycles. The molecule has 0 radical (unpaired) electrons. The highest BCUT2D eigenvalue weighted by atomic mass is 16.5. The van der Waals surface area contributed by atoms with Crippen LogP contribution in [0.25, 0.3) is 11.1 Å². The van der Waals surface area contributed by atoms with Gasteiger partial charge in [0.2, 0.25) is 0 Å². The first-order chi connectivity index (χ1) is 14.8. The van der Waals surface area contributed by atoms with Gasteiger partial charge in [-0.2, -0.15) is 0 Å². The van der Waals surface area contributed by atoms with Crippen LogP contribution in [0.15, 0.2) is 48.5 Å². The number of rotatable bonds is 6. The standard InChI is InChI=1S/C25H30N2O4/c1-4-25(13-14-27(2,3)16-25)22(23(28)29)26-24(30)31-15-21-19-11-7-5-9-17(19)18-10-6-8-12-20(18)21/h5-12,21-22H,4,13-16H2,1-3H3,(H-,26,28,29,30)/p+1/t22-,25+/m1/s1. The molecular formula is C25H31N2O4+. The molecule has 2 N–H and O–H groups in total. The number of fused-ring (bicyclic) bond motifs is 3. The highest BCUT2D eigenvalue weighted by molar-refractivity contribution is 5.81. The number of amides is 1. The summed E-state index contributed by atoms with van der Waals surface area (Å²) < 4.78 is 6.36. The van der Waals surface area contributed by atoms with E-state index < -0.39 is 23.5 Å². The number of hydrogen-bond acceptors (Lipinski definition) is 3. The maximum absolute atomic E-state index is 12.7. The first-order valence-electron chi connectivity index (χ1n) is 10.9. The summed E-state index contributed by atoms with van der Waals surface area (Å²) in [7, 11) is 4.20. The van der Waals surface area contributed by atoms with Gasteiger partial charge in [-0.1, -0.05) is 55.5 Å². The lowest BCUT2D eigenvalue weighted by molar-refractivity contribution is -0.881. The summed E-state index contributed by atoms with van der Waals surface area (Å²) in [6, 6.07) is 15.3. The molecule has 0 aromatic heterocycles. The summed E-state index contributed by atoms with van der Waals surface area (Å²) in [6.45, 7) is 3.78. The molecule has 1 aliphatic heterocycles. The number of aliphatic carboxylic acids is 1. The normalized spacial score (nSPS) is 22.4. The van der Waals surface area contributed by atoms with Crippen LogP contribution in [-0.4, -0.2) is 61.5 Å². The first-order valence-corrected chi connectivity index (χ1v) is 10.9. The molecule has 6 nitrogen and oxygen atoms in total. The van der Waals surface area contributed by atoms with Crippen LogP contribution in [0, 0.1) is 5.41 Å². The predicted molar refractivity (Wildman–Crippen MR) is 119 cm³/mol. The Morgan fingerprint density at radius 3 is 2.19 bits per heavy atom. The number of benzene rings is 2. The van der Waals surface area contributed by atoms with E-state index in [0.717, 1.165) is 39.7 Å². The van der Waals surface area contributed by atoms with Gasteiger partial charge in [-0.15, -0.1) is 0 Å². The molecule has 0 saturated carbocycles. The Hall–Kier alpha value is -2.86. The van der Waals surface area contributed by atoms with Gasteiger partial charge < -0.3 is 19.6 Å². The maximum atomic E-state index is 12.7. The summed E-state index contributed by atoms with van der Waals surface area (Å²) in [6.07, 6.45) is 0.783. The zero-order valence-corrected chi connectivity index (χ0v) is 18.4. The lowest BCUT2D eigenvalue weighted by Crippen LogP contribution is -2.55. The maximum Gasteiger partial charge on any atom is 0.407 e. The molecule has 1 aliphatic carbocycles. The van der Waals surface area contributed by atoms with Gasteiger partial charge in [0.05, 0.1) is 32.6 Å². The van der Waals surface area contributed by atoms with Crippen LogP contribution in [0.4, 0.5) is 4.79 Å². The molecule has 1 amide bonds. The van der Waals surface area contributed by atoms with Crippen LogP contribution >= 0.6 is 0 Å². The Morgan fingerprint density at radius 2 is 1.71 bits per heavy atom. The lowest BCUT2D eigenvalue weighted by Gasteiger charge is -2.34. The van der Waals surface area contributed by atoms with Crippen LogP contribution in [0.5, 0.6) is 0 Å². The fourth-order valence-corrected chi connectivity index (χ4v) is 5.50. The van der Waals surface area contributed by atoms with Crippen molar-refractivity contribution in [3.05, 3.63) is 59.7 Å². The molecule has 1 fully saturated rings. The van der Waals surface area contributed by atoms with Crippen LogP contribution in [-0.2, 0) is 9.53 Å². The highest BCUT2D eigenvalue weighted by Gasteiger charge is 2.52. The van der Waals surface area contributed by atoms with E-state index in [2.05, 4.69) is 43.7 Å². The van der Waals surface area contributed by atoms with Crippen molar-refractivity contribution in [1.82, 2.24) is 5.32 Å². The van der Waals surface area contributed by atoms with Crippen LogP contribution < -0.4 is 5.32 Å². The topological polar surface area (TPSA) is 75.6 Å². The van der Waals surface area contributed by atoms with Crippen LogP contribution in [0.2, 0.25) is 0 Å². The van der Waals surface area contributed by atoms with E-state index in [-0.39, 0.29) is 12.5 Å². The van der Waals surface area contributed by atoms with Crippen molar-refractivity contribution in [2.75, 3.05) is 33.8 Å². The summed E-state index contributed by atoms with van der Waals surface area (Å²) in [5.74, 6) is -1.05. The van der Waals surface area contributed by atoms with Gasteiger partial charge >= 0.3 is 12.1 Å². The van der Waals surface area contributed by atoms with Gasteiger partial charge in [0.15, 0.2) is 0 Å². The first kappa shape index (κ1) is 21.4. The van der Waals surface area contributed by atoms with Crippen LogP contribution in [0.1, 0.15) is 36.8 Å². The molecule has 1 heterocycles. The van der Waals surface area contributed by atoms with E-state index in [1.54, 1.807) is 0 Å². The van der Waals surface area contributed by atoms with E-state index in [9.17, 15) is 14.7 Å². The van der Waals surface area contributed by atoms with Crippen molar-refractivity contribution in [3.8, 4) is 11.1 Å². The molecular weight excluding hydrogens is 392 g/mol. The average Bonchev–Trinajstić information content (AvgIpc) is 3.25. The Labute approximate surface area is 183 Å². The van der Waals surface area contributed by atoms with E-state index >= 15 is 0 Å². The number of hydrogen-bond donors (Lipinski definition) is 2. The number of carboxylic acid groups (broad SMARTS) is 1. The fourth-order valence-electron chi connectivity index (χ4n) is 5.50. The summed E-state index contributed by atoms with van der Waals surface area (Å²) in [4.78, 5) is 24.8. The van der Waals surface area contributed by atoms with Gasteiger partial charge in [0.1, 0.15) is 12.6 Å². The van der Waals surface area contributed by atoms with E-state index in [0.29, 0.717) is 13.0 Å². The Bertz CT molecular complexity index is 957. The Kier molecular flexibility index (Phi) is 5.52. The Balaban J connectivity index is 1.48. The monoisotopic (exact) mass is 423 g/mol. The summed E-state index contributed by atoms with van der Waals surface area (Å²) >= 11 is 0. The van der Waals surface area contributed by atoms with Gasteiger partial charge in [-0.25, -0.2) is 9.59 Å². The average molecular weight is 424 g/mol. The second-order valence-corrected chi connectivity index (χ2v) is 9.52. The molecule has 2 aromatic rings. The molecule has 4 rings (SSSR count). The van der Waals surface area contributed by atoms with Gasteiger partial charge in [-0.3, -0.25) is 0 Å². The van der Waals surface area contributed by atoms with Crippen molar-refractivity contribution in [2.24, 2.45) is 5.41 Å². The number of nitrogens with zero attached hydrogens (tertiary/aromatic N) is 1. The minimum absolute atomic E-state index is 0.0522. The minimum atomic E-state index is -1.00. The number of nitrogens with one attached hydrogen (secondary N) is 1. The predicted octanol–water partition coefficient (Wildman–Crippen LogP) is 3.85. The van der Waals surface area contributed by atoms with Crippen molar-refractivity contribution in [2.45, 2.75) is 31.7 Å². The SMILES string of the molecule is CC[C@]1([C@H](NC(=O)OCC2c3ccccc3-c3ccccc32)C(=O)O)CC[N+](C)(C)C1. The van der Waals surface area contributed by atoms with Crippen LogP contribution in [0.3, 0.4) is 0 Å². The van der Waals surface area contributed by atoms with Gasteiger partial charge in [0.25, 0.3) is 0 Å². The molecule has 2 atom stereocenters. The quantitative estimate of drug-likeness (QED) is 0.692. The summed E-state index contributed by atoms with van der Waals surface area (Å²) in [5.41, 5.74) is 4.11. The molecule has 6 heteroatoms. The third-order valence-corrected chi connectivity index (χ3v) is 7.13. The zero-order valence-electron chi connectivity index (χ0n) is 18.4.